The first-order valence-corrected chi connectivity index (χ1v) is 9.26. The standard InChI is InChI=1S/C18H21N7O3/c1-12-7-9-18(10-8-12)16(27)25(17(28)19-18)21-14(26)11-24-22-15(20-23-24)13-5-3-2-4-6-13/h2-6,12H,7-11H2,1H3,(H,19,28)(H,21,26). The van der Waals surface area contributed by atoms with Crippen molar-refractivity contribution in [2.24, 2.45) is 5.92 Å². The number of imide groups is 1. The fraction of sp³-hybridized carbons (Fsp3) is 0.444. The van der Waals surface area contributed by atoms with Crippen molar-refractivity contribution in [1.82, 2.24) is 36.0 Å². The van der Waals surface area contributed by atoms with Gasteiger partial charge in [0.25, 0.3) is 11.8 Å². The summed E-state index contributed by atoms with van der Waals surface area (Å²) in [6.07, 6.45) is 2.88. The number of hydrazine groups is 1. The Balaban J connectivity index is 1.40. The van der Waals surface area contributed by atoms with E-state index in [9.17, 15) is 14.4 Å². The van der Waals surface area contributed by atoms with E-state index in [1.54, 1.807) is 0 Å². The number of nitrogens with one attached hydrogen (secondary N) is 2. The summed E-state index contributed by atoms with van der Waals surface area (Å²) in [5.74, 6) is -0.0779. The molecule has 1 aliphatic heterocycles. The van der Waals surface area contributed by atoms with Gasteiger partial charge >= 0.3 is 6.03 Å². The van der Waals surface area contributed by atoms with Crippen molar-refractivity contribution < 1.29 is 14.4 Å². The Morgan fingerprint density at radius 1 is 1.25 bits per heavy atom. The fourth-order valence-electron chi connectivity index (χ4n) is 3.62. The minimum atomic E-state index is -0.900. The van der Waals surface area contributed by atoms with Gasteiger partial charge < -0.3 is 5.32 Å². The van der Waals surface area contributed by atoms with Gasteiger partial charge in [0.1, 0.15) is 12.1 Å². The highest BCUT2D eigenvalue weighted by Crippen LogP contribution is 2.35. The lowest BCUT2D eigenvalue weighted by molar-refractivity contribution is -0.140. The number of urea groups is 1. The molecule has 10 nitrogen and oxygen atoms in total. The largest absolute Gasteiger partial charge is 0.344 e. The number of rotatable bonds is 4. The van der Waals surface area contributed by atoms with Gasteiger partial charge in [0.2, 0.25) is 5.82 Å². The smallest absolute Gasteiger partial charge is 0.322 e. The van der Waals surface area contributed by atoms with Crippen LogP contribution in [-0.4, -0.2) is 48.6 Å². The van der Waals surface area contributed by atoms with Crippen molar-refractivity contribution in [1.29, 1.82) is 0 Å². The van der Waals surface area contributed by atoms with Crippen LogP contribution in [0.25, 0.3) is 11.4 Å². The quantitative estimate of drug-likeness (QED) is 0.756. The first-order chi connectivity index (χ1) is 13.5. The van der Waals surface area contributed by atoms with Crippen LogP contribution in [0.4, 0.5) is 4.79 Å². The van der Waals surface area contributed by atoms with E-state index in [1.165, 1.54) is 0 Å². The summed E-state index contributed by atoms with van der Waals surface area (Å²) in [7, 11) is 0. The maximum atomic E-state index is 12.8. The molecule has 10 heteroatoms. The highest BCUT2D eigenvalue weighted by Gasteiger charge is 2.52. The molecule has 2 N–H and O–H groups in total. The third-order valence-corrected chi connectivity index (χ3v) is 5.30. The molecule has 0 radical (unpaired) electrons. The summed E-state index contributed by atoms with van der Waals surface area (Å²) < 4.78 is 0. The van der Waals surface area contributed by atoms with Crippen LogP contribution >= 0.6 is 0 Å². The molecule has 4 rings (SSSR count). The number of nitrogens with zero attached hydrogens (tertiary/aromatic N) is 5. The van der Waals surface area contributed by atoms with Crippen LogP contribution in [-0.2, 0) is 16.1 Å². The highest BCUT2D eigenvalue weighted by atomic mass is 16.2. The van der Waals surface area contributed by atoms with Crippen LogP contribution in [0.15, 0.2) is 30.3 Å². The minimum Gasteiger partial charge on any atom is -0.322 e. The molecule has 1 aromatic carbocycles. The van der Waals surface area contributed by atoms with E-state index in [4.69, 9.17) is 0 Å². The SMILES string of the molecule is CC1CCC2(CC1)NC(=O)N(NC(=O)Cn1nnc(-c3ccccc3)n1)C2=O. The number of carbonyl (C=O) groups is 3. The molecule has 1 saturated heterocycles. The van der Waals surface area contributed by atoms with Crippen molar-refractivity contribution in [2.45, 2.75) is 44.7 Å². The van der Waals surface area contributed by atoms with Gasteiger partial charge in [-0.05, 0) is 36.8 Å². The van der Waals surface area contributed by atoms with Gasteiger partial charge in [-0.1, -0.05) is 37.3 Å². The molecule has 2 aliphatic rings. The first kappa shape index (κ1) is 18.1. The number of carbonyl (C=O) groups excluding carboxylic acids is 3. The van der Waals surface area contributed by atoms with Gasteiger partial charge in [-0.15, -0.1) is 10.2 Å². The van der Waals surface area contributed by atoms with Crippen LogP contribution in [0.5, 0.6) is 0 Å². The van der Waals surface area contributed by atoms with Gasteiger partial charge in [-0.25, -0.2) is 4.79 Å². The second kappa shape index (κ2) is 7.02. The zero-order valence-corrected chi connectivity index (χ0v) is 15.5. The van der Waals surface area contributed by atoms with E-state index in [0.717, 1.165) is 28.2 Å². The van der Waals surface area contributed by atoms with Crippen molar-refractivity contribution in [2.75, 3.05) is 0 Å². The normalized spacial score (nSPS) is 24.5. The molecule has 2 aromatic rings. The Bertz CT molecular complexity index is 903. The van der Waals surface area contributed by atoms with E-state index in [0.29, 0.717) is 24.6 Å². The summed E-state index contributed by atoms with van der Waals surface area (Å²) in [6, 6.07) is 8.63. The van der Waals surface area contributed by atoms with Crippen LogP contribution < -0.4 is 10.7 Å². The number of tetrazole rings is 1. The second-order valence-electron chi connectivity index (χ2n) is 7.38. The third-order valence-electron chi connectivity index (χ3n) is 5.30. The molecule has 2 heterocycles. The predicted octanol–water partition coefficient (Wildman–Crippen LogP) is 0.872. The Morgan fingerprint density at radius 3 is 2.68 bits per heavy atom. The number of benzene rings is 1. The lowest BCUT2D eigenvalue weighted by Crippen LogP contribution is -2.52. The van der Waals surface area contributed by atoms with Crippen LogP contribution in [0.2, 0.25) is 0 Å². The maximum Gasteiger partial charge on any atom is 0.344 e. The Hall–Kier alpha value is -3.30. The molecule has 146 valence electrons. The predicted molar refractivity (Wildman–Crippen MR) is 97.1 cm³/mol. The number of hydrogen-bond donors (Lipinski definition) is 2. The second-order valence-corrected chi connectivity index (χ2v) is 7.38. The summed E-state index contributed by atoms with van der Waals surface area (Å²) >= 11 is 0. The van der Waals surface area contributed by atoms with Crippen molar-refractivity contribution in [3.05, 3.63) is 30.3 Å². The molecule has 0 atom stereocenters. The fourth-order valence-corrected chi connectivity index (χ4v) is 3.62. The van der Waals surface area contributed by atoms with E-state index < -0.39 is 23.4 Å². The lowest BCUT2D eigenvalue weighted by Gasteiger charge is -2.33. The van der Waals surface area contributed by atoms with Crippen LogP contribution in [0, 0.1) is 5.92 Å². The maximum absolute atomic E-state index is 12.8. The van der Waals surface area contributed by atoms with E-state index in [-0.39, 0.29) is 6.54 Å². The Kier molecular flexibility index (Phi) is 4.54. The minimum absolute atomic E-state index is 0.263. The average molecular weight is 383 g/mol. The first-order valence-electron chi connectivity index (χ1n) is 9.26. The Morgan fingerprint density at radius 2 is 1.96 bits per heavy atom. The molecular formula is C18H21N7O3. The van der Waals surface area contributed by atoms with E-state index in [1.807, 2.05) is 30.3 Å². The molecular weight excluding hydrogens is 362 g/mol. The molecule has 28 heavy (non-hydrogen) atoms. The lowest BCUT2D eigenvalue weighted by atomic mass is 9.77. The monoisotopic (exact) mass is 383 g/mol. The highest BCUT2D eigenvalue weighted by molar-refractivity contribution is 6.07. The van der Waals surface area contributed by atoms with Crippen molar-refractivity contribution in [3.63, 3.8) is 0 Å². The van der Waals surface area contributed by atoms with Gasteiger partial charge in [-0.3, -0.25) is 15.0 Å². The van der Waals surface area contributed by atoms with Gasteiger partial charge in [-0.2, -0.15) is 9.81 Å². The van der Waals surface area contributed by atoms with Crippen LogP contribution in [0.3, 0.4) is 0 Å². The topological polar surface area (TPSA) is 122 Å². The molecule has 0 bridgehead atoms. The van der Waals surface area contributed by atoms with E-state index >= 15 is 0 Å². The number of aromatic nitrogens is 4. The van der Waals surface area contributed by atoms with Crippen molar-refractivity contribution >= 4 is 17.8 Å². The van der Waals surface area contributed by atoms with Crippen molar-refractivity contribution in [3.8, 4) is 11.4 Å². The third kappa shape index (κ3) is 3.32. The molecule has 1 aromatic heterocycles. The summed E-state index contributed by atoms with van der Waals surface area (Å²) in [5, 5.41) is 15.4. The zero-order valence-electron chi connectivity index (χ0n) is 15.5. The molecule has 2 fully saturated rings. The molecule has 1 saturated carbocycles. The van der Waals surface area contributed by atoms with E-state index in [2.05, 4.69) is 33.1 Å². The number of hydrogen-bond acceptors (Lipinski definition) is 6. The molecule has 1 spiro atoms. The van der Waals surface area contributed by atoms with Gasteiger partial charge in [0.05, 0.1) is 0 Å². The summed E-state index contributed by atoms with van der Waals surface area (Å²) in [5.41, 5.74) is 2.24. The summed E-state index contributed by atoms with van der Waals surface area (Å²) in [6.45, 7) is 1.86. The zero-order chi connectivity index (χ0) is 19.7. The molecule has 0 unspecified atom stereocenters. The van der Waals surface area contributed by atoms with Gasteiger partial charge in [0, 0.05) is 5.56 Å². The van der Waals surface area contributed by atoms with Gasteiger partial charge in [0.15, 0.2) is 0 Å². The van der Waals surface area contributed by atoms with Crippen LogP contribution in [0.1, 0.15) is 32.6 Å². The Labute approximate surface area is 161 Å². The average Bonchev–Trinajstić information content (AvgIpc) is 3.24. The molecule has 1 aliphatic carbocycles. The summed E-state index contributed by atoms with van der Waals surface area (Å²) in [4.78, 5) is 38.4. The molecule has 4 amide bonds. The number of amides is 4.